The lowest BCUT2D eigenvalue weighted by atomic mass is 9.85. The molecule has 4 nitrogen and oxygen atoms in total. The van der Waals surface area contributed by atoms with Crippen LogP contribution in [-0.4, -0.2) is 44.4 Å². The maximum Gasteiger partial charge on any atom is 0.404 e. The van der Waals surface area contributed by atoms with Crippen LogP contribution in [0.3, 0.4) is 0 Å². The predicted octanol–water partition coefficient (Wildman–Crippen LogP) is 1.60. The first-order valence-electron chi connectivity index (χ1n) is 7.13. The highest BCUT2D eigenvalue weighted by molar-refractivity contribution is 5.84. The molecule has 20 heavy (non-hydrogen) atoms. The Balaban J connectivity index is 1.83. The molecule has 0 spiro atoms. The number of amides is 1. The molecule has 2 heterocycles. The van der Waals surface area contributed by atoms with Crippen LogP contribution in [0.4, 0.5) is 13.2 Å². The van der Waals surface area contributed by atoms with Gasteiger partial charge in [-0.15, -0.1) is 0 Å². The second kappa shape index (κ2) is 6.30. The molecule has 0 saturated carbocycles. The van der Waals surface area contributed by atoms with Gasteiger partial charge in [0.15, 0.2) is 5.41 Å². The molecule has 0 aromatic rings. The Hall–Kier alpha value is -0.820. The van der Waals surface area contributed by atoms with E-state index in [2.05, 4.69) is 10.6 Å². The fourth-order valence-electron chi connectivity index (χ4n) is 2.81. The van der Waals surface area contributed by atoms with Crippen LogP contribution in [-0.2, 0) is 9.53 Å². The van der Waals surface area contributed by atoms with Crippen molar-refractivity contribution in [2.75, 3.05) is 26.2 Å². The molecule has 7 heteroatoms. The second-order valence-electron chi connectivity index (χ2n) is 5.54. The number of rotatable bonds is 4. The molecule has 2 atom stereocenters. The summed E-state index contributed by atoms with van der Waals surface area (Å²) in [5, 5.41) is 5.08. The first-order valence-corrected chi connectivity index (χ1v) is 7.13. The number of carbonyl (C=O) groups is 1. The molecular formula is C13H21F3N2O2. The predicted molar refractivity (Wildman–Crippen MR) is 67.2 cm³/mol. The Labute approximate surface area is 116 Å². The van der Waals surface area contributed by atoms with Crippen molar-refractivity contribution in [3.05, 3.63) is 0 Å². The van der Waals surface area contributed by atoms with E-state index in [4.69, 9.17) is 4.74 Å². The fourth-order valence-corrected chi connectivity index (χ4v) is 2.81. The fraction of sp³-hybridized carbons (Fsp3) is 0.923. The summed E-state index contributed by atoms with van der Waals surface area (Å²) in [4.78, 5) is 11.9. The topological polar surface area (TPSA) is 50.4 Å². The second-order valence-corrected chi connectivity index (χ2v) is 5.54. The Morgan fingerprint density at radius 2 is 2.20 bits per heavy atom. The first-order chi connectivity index (χ1) is 9.46. The summed E-state index contributed by atoms with van der Waals surface area (Å²) in [5.74, 6) is -0.911. The van der Waals surface area contributed by atoms with E-state index in [0.29, 0.717) is 13.0 Å². The SMILES string of the molecule is O=C(NCCC1CCCCO1)C1(C(F)(F)F)CCNC1. The maximum atomic E-state index is 13.1. The van der Waals surface area contributed by atoms with Crippen molar-refractivity contribution < 1.29 is 22.7 Å². The number of halogens is 3. The van der Waals surface area contributed by atoms with Gasteiger partial charge in [-0.1, -0.05) is 0 Å². The molecule has 0 bridgehead atoms. The van der Waals surface area contributed by atoms with Gasteiger partial charge < -0.3 is 15.4 Å². The molecule has 2 rings (SSSR count). The third-order valence-electron chi connectivity index (χ3n) is 4.16. The standard InChI is InChI=1S/C13H21F3N2O2/c14-13(15,16)12(5-7-17-9-12)11(19)18-6-4-10-3-1-2-8-20-10/h10,17H,1-9H2,(H,18,19). The van der Waals surface area contributed by atoms with Gasteiger partial charge in [-0.2, -0.15) is 13.2 Å². The molecule has 116 valence electrons. The van der Waals surface area contributed by atoms with Crippen LogP contribution in [0.25, 0.3) is 0 Å². The average Bonchev–Trinajstić information content (AvgIpc) is 2.90. The van der Waals surface area contributed by atoms with E-state index in [1.54, 1.807) is 0 Å². The van der Waals surface area contributed by atoms with Crippen LogP contribution in [0.15, 0.2) is 0 Å². The van der Waals surface area contributed by atoms with Gasteiger partial charge >= 0.3 is 6.18 Å². The summed E-state index contributed by atoms with van der Waals surface area (Å²) < 4.78 is 44.9. The van der Waals surface area contributed by atoms with Crippen molar-refractivity contribution in [1.82, 2.24) is 10.6 Å². The smallest absolute Gasteiger partial charge is 0.378 e. The molecule has 2 unspecified atom stereocenters. The van der Waals surface area contributed by atoms with Crippen LogP contribution in [0, 0.1) is 5.41 Å². The van der Waals surface area contributed by atoms with E-state index >= 15 is 0 Å². The van der Waals surface area contributed by atoms with Gasteiger partial charge in [0.05, 0.1) is 6.10 Å². The summed E-state index contributed by atoms with van der Waals surface area (Å²) in [6.45, 7) is 0.831. The molecule has 1 amide bonds. The molecule has 0 aliphatic carbocycles. The lowest BCUT2D eigenvalue weighted by Gasteiger charge is -2.30. The molecule has 2 saturated heterocycles. The van der Waals surface area contributed by atoms with Gasteiger partial charge in [0.2, 0.25) is 5.91 Å². The van der Waals surface area contributed by atoms with Gasteiger partial charge in [-0.3, -0.25) is 4.79 Å². The quantitative estimate of drug-likeness (QED) is 0.828. The molecular weight excluding hydrogens is 273 g/mol. The van der Waals surface area contributed by atoms with Gasteiger partial charge in [0, 0.05) is 19.7 Å². The zero-order chi connectivity index (χ0) is 14.6. The minimum Gasteiger partial charge on any atom is -0.378 e. The number of nitrogens with one attached hydrogen (secondary N) is 2. The van der Waals surface area contributed by atoms with E-state index in [1.807, 2.05) is 0 Å². The average molecular weight is 294 g/mol. The molecule has 2 fully saturated rings. The molecule has 0 aromatic carbocycles. The van der Waals surface area contributed by atoms with E-state index < -0.39 is 17.5 Å². The maximum absolute atomic E-state index is 13.1. The number of carbonyl (C=O) groups excluding carboxylic acids is 1. The highest BCUT2D eigenvalue weighted by Gasteiger charge is 2.61. The number of hydrogen-bond donors (Lipinski definition) is 2. The zero-order valence-electron chi connectivity index (χ0n) is 11.4. The van der Waals surface area contributed by atoms with E-state index in [1.165, 1.54) is 0 Å². The number of ether oxygens (including phenoxy) is 1. The molecule has 2 aliphatic heterocycles. The third-order valence-corrected chi connectivity index (χ3v) is 4.16. The van der Waals surface area contributed by atoms with Crippen LogP contribution >= 0.6 is 0 Å². The molecule has 2 N–H and O–H groups in total. The molecule has 2 aliphatic rings. The number of alkyl halides is 3. The van der Waals surface area contributed by atoms with Crippen molar-refractivity contribution in [1.29, 1.82) is 0 Å². The molecule has 0 radical (unpaired) electrons. The van der Waals surface area contributed by atoms with Crippen LogP contribution in [0.5, 0.6) is 0 Å². The minimum atomic E-state index is -4.51. The highest BCUT2D eigenvalue weighted by atomic mass is 19.4. The van der Waals surface area contributed by atoms with E-state index in [0.717, 1.165) is 19.3 Å². The Morgan fingerprint density at radius 1 is 1.40 bits per heavy atom. The van der Waals surface area contributed by atoms with Gasteiger partial charge in [-0.05, 0) is 38.6 Å². The highest BCUT2D eigenvalue weighted by Crippen LogP contribution is 2.43. The van der Waals surface area contributed by atoms with Crippen molar-refractivity contribution in [3.63, 3.8) is 0 Å². The van der Waals surface area contributed by atoms with Gasteiger partial charge in [0.25, 0.3) is 0 Å². The van der Waals surface area contributed by atoms with Crippen LogP contribution < -0.4 is 10.6 Å². The van der Waals surface area contributed by atoms with E-state index in [9.17, 15) is 18.0 Å². The largest absolute Gasteiger partial charge is 0.404 e. The normalized spacial score (nSPS) is 31.2. The zero-order valence-corrected chi connectivity index (χ0v) is 11.4. The Kier molecular flexibility index (Phi) is 4.90. The summed E-state index contributed by atoms with van der Waals surface area (Å²) >= 11 is 0. The van der Waals surface area contributed by atoms with Gasteiger partial charge in [0.1, 0.15) is 0 Å². The van der Waals surface area contributed by atoms with Crippen molar-refractivity contribution in [3.8, 4) is 0 Å². The van der Waals surface area contributed by atoms with E-state index in [-0.39, 0.29) is 32.2 Å². The van der Waals surface area contributed by atoms with Gasteiger partial charge in [-0.25, -0.2) is 0 Å². The minimum absolute atomic E-state index is 0.0626. The summed E-state index contributed by atoms with van der Waals surface area (Å²) in [6.07, 6.45) is -1.03. The lowest BCUT2D eigenvalue weighted by Crippen LogP contribution is -2.52. The Bertz CT molecular complexity index is 335. The monoisotopic (exact) mass is 294 g/mol. The van der Waals surface area contributed by atoms with Crippen LogP contribution in [0.1, 0.15) is 32.1 Å². The summed E-state index contributed by atoms with van der Waals surface area (Å²) in [6, 6.07) is 0. The van der Waals surface area contributed by atoms with Crippen molar-refractivity contribution in [2.45, 2.75) is 44.4 Å². The van der Waals surface area contributed by atoms with Crippen molar-refractivity contribution >= 4 is 5.91 Å². The van der Waals surface area contributed by atoms with Crippen LogP contribution in [0.2, 0.25) is 0 Å². The van der Waals surface area contributed by atoms with Crippen molar-refractivity contribution in [2.24, 2.45) is 5.41 Å². The lowest BCUT2D eigenvalue weighted by molar-refractivity contribution is -0.216. The summed E-state index contributed by atoms with van der Waals surface area (Å²) in [7, 11) is 0. The summed E-state index contributed by atoms with van der Waals surface area (Å²) in [5.41, 5.74) is -2.26. The Morgan fingerprint density at radius 3 is 2.75 bits per heavy atom. The molecule has 0 aromatic heterocycles. The number of hydrogen-bond acceptors (Lipinski definition) is 3. The first kappa shape index (κ1) is 15.6. The third kappa shape index (κ3) is 3.25.